The zero-order valence-corrected chi connectivity index (χ0v) is 15.0. The molecule has 2 rings (SSSR count). The zero-order chi connectivity index (χ0) is 17.9. The minimum Gasteiger partial charge on any atom is -0.360 e. The van der Waals surface area contributed by atoms with Crippen molar-refractivity contribution in [1.82, 2.24) is 5.16 Å². The molecule has 0 bridgehead atoms. The lowest BCUT2D eigenvalue weighted by Crippen LogP contribution is -2.33. The molecule has 0 saturated heterocycles. The first-order valence-corrected chi connectivity index (χ1v) is 9.30. The van der Waals surface area contributed by atoms with Crippen molar-refractivity contribution >= 4 is 27.4 Å². The molecule has 1 amide bonds. The van der Waals surface area contributed by atoms with Crippen molar-refractivity contribution in [3.05, 3.63) is 41.2 Å². The van der Waals surface area contributed by atoms with Crippen LogP contribution in [0.3, 0.4) is 0 Å². The SMILES string of the molecule is Cc1ccc(NC(=O)CCN(c2cc(C)on2)S(C)(=O)=O)c(C)c1. The van der Waals surface area contributed by atoms with Crippen LogP contribution in [-0.2, 0) is 14.8 Å². The Morgan fingerprint density at radius 1 is 1.25 bits per heavy atom. The Labute approximate surface area is 141 Å². The van der Waals surface area contributed by atoms with Crippen LogP contribution >= 0.6 is 0 Å². The van der Waals surface area contributed by atoms with Gasteiger partial charge in [-0.3, -0.25) is 9.10 Å². The Balaban J connectivity index is 2.05. The normalized spacial score (nSPS) is 11.3. The highest BCUT2D eigenvalue weighted by molar-refractivity contribution is 7.92. The number of aromatic nitrogens is 1. The molecule has 0 radical (unpaired) electrons. The highest BCUT2D eigenvalue weighted by Crippen LogP contribution is 2.19. The van der Waals surface area contributed by atoms with E-state index in [0.29, 0.717) is 11.4 Å². The number of carbonyl (C=O) groups is 1. The maximum absolute atomic E-state index is 12.1. The lowest BCUT2D eigenvalue weighted by atomic mass is 10.1. The molecule has 2 aromatic rings. The van der Waals surface area contributed by atoms with Crippen LogP contribution in [-0.4, -0.2) is 32.3 Å². The van der Waals surface area contributed by atoms with Gasteiger partial charge >= 0.3 is 0 Å². The Kier molecular flexibility index (Phi) is 5.28. The Bertz CT molecular complexity index is 843. The molecule has 1 aromatic carbocycles. The first-order valence-electron chi connectivity index (χ1n) is 7.45. The van der Waals surface area contributed by atoms with Crippen LogP contribution in [0.15, 0.2) is 28.8 Å². The average Bonchev–Trinajstić information content (AvgIpc) is 2.87. The number of aryl methyl sites for hydroxylation is 3. The fourth-order valence-electron chi connectivity index (χ4n) is 2.29. The number of anilines is 2. The molecule has 0 atom stereocenters. The van der Waals surface area contributed by atoms with Crippen LogP contribution in [0.5, 0.6) is 0 Å². The summed E-state index contributed by atoms with van der Waals surface area (Å²) in [6.07, 6.45) is 1.07. The van der Waals surface area contributed by atoms with Crippen LogP contribution in [0.25, 0.3) is 0 Å². The van der Waals surface area contributed by atoms with E-state index in [1.807, 2.05) is 32.0 Å². The van der Waals surface area contributed by atoms with Gasteiger partial charge in [-0.1, -0.05) is 22.9 Å². The first kappa shape index (κ1) is 18.0. The lowest BCUT2D eigenvalue weighted by Gasteiger charge is -2.18. The molecule has 0 aliphatic heterocycles. The first-order chi connectivity index (χ1) is 11.2. The largest absolute Gasteiger partial charge is 0.360 e. The van der Waals surface area contributed by atoms with E-state index in [1.165, 1.54) is 6.07 Å². The Hall–Kier alpha value is -2.35. The number of sulfonamides is 1. The van der Waals surface area contributed by atoms with E-state index in [0.717, 1.165) is 21.7 Å². The van der Waals surface area contributed by atoms with Crippen molar-refractivity contribution in [2.45, 2.75) is 27.2 Å². The van der Waals surface area contributed by atoms with E-state index in [2.05, 4.69) is 10.5 Å². The summed E-state index contributed by atoms with van der Waals surface area (Å²) in [7, 11) is -3.56. The maximum Gasteiger partial charge on any atom is 0.233 e. The number of nitrogens with one attached hydrogen (secondary N) is 1. The van der Waals surface area contributed by atoms with Gasteiger partial charge < -0.3 is 9.84 Å². The van der Waals surface area contributed by atoms with Gasteiger partial charge in [0.2, 0.25) is 15.9 Å². The monoisotopic (exact) mass is 351 g/mol. The van der Waals surface area contributed by atoms with E-state index >= 15 is 0 Å². The molecule has 0 unspecified atom stereocenters. The predicted molar refractivity (Wildman–Crippen MR) is 92.6 cm³/mol. The van der Waals surface area contributed by atoms with Crippen LogP contribution < -0.4 is 9.62 Å². The van der Waals surface area contributed by atoms with Crippen LogP contribution in [0.1, 0.15) is 23.3 Å². The second-order valence-electron chi connectivity index (χ2n) is 5.75. The minimum atomic E-state index is -3.56. The van der Waals surface area contributed by atoms with Crippen molar-refractivity contribution in [3.63, 3.8) is 0 Å². The summed E-state index contributed by atoms with van der Waals surface area (Å²) in [5.41, 5.74) is 2.78. The van der Waals surface area contributed by atoms with Crippen molar-refractivity contribution < 1.29 is 17.7 Å². The highest BCUT2D eigenvalue weighted by atomic mass is 32.2. The average molecular weight is 351 g/mol. The number of amides is 1. The molecule has 130 valence electrons. The van der Waals surface area contributed by atoms with Crippen LogP contribution in [0.4, 0.5) is 11.5 Å². The fraction of sp³-hybridized carbons (Fsp3) is 0.375. The van der Waals surface area contributed by atoms with Crippen molar-refractivity contribution in [2.75, 3.05) is 22.4 Å². The number of nitrogens with zero attached hydrogens (tertiary/aromatic N) is 2. The number of benzene rings is 1. The third kappa shape index (κ3) is 4.58. The Morgan fingerprint density at radius 2 is 1.96 bits per heavy atom. The molecule has 1 heterocycles. The molecule has 0 saturated carbocycles. The molecule has 1 aromatic heterocycles. The quantitative estimate of drug-likeness (QED) is 0.862. The molecular weight excluding hydrogens is 330 g/mol. The van der Waals surface area contributed by atoms with Crippen molar-refractivity contribution in [1.29, 1.82) is 0 Å². The molecular formula is C16H21N3O4S. The molecule has 0 fully saturated rings. The third-order valence-corrected chi connectivity index (χ3v) is 4.64. The summed E-state index contributed by atoms with van der Waals surface area (Å²) in [5, 5.41) is 6.51. The van der Waals surface area contributed by atoms with Gasteiger partial charge in [0.25, 0.3) is 0 Å². The van der Waals surface area contributed by atoms with Gasteiger partial charge in [0.05, 0.1) is 6.26 Å². The second-order valence-corrected chi connectivity index (χ2v) is 7.65. The molecule has 0 aliphatic rings. The maximum atomic E-state index is 12.1. The number of hydrogen-bond donors (Lipinski definition) is 1. The van der Waals surface area contributed by atoms with E-state index in [4.69, 9.17) is 4.52 Å². The highest BCUT2D eigenvalue weighted by Gasteiger charge is 2.21. The summed E-state index contributed by atoms with van der Waals surface area (Å²) in [4.78, 5) is 12.1. The smallest absolute Gasteiger partial charge is 0.233 e. The summed E-state index contributed by atoms with van der Waals surface area (Å²) in [6, 6.07) is 7.22. The van der Waals surface area contributed by atoms with Gasteiger partial charge in [0.1, 0.15) is 5.76 Å². The predicted octanol–water partition coefficient (Wildman–Crippen LogP) is 2.39. The van der Waals surface area contributed by atoms with E-state index < -0.39 is 10.0 Å². The summed E-state index contributed by atoms with van der Waals surface area (Å²) >= 11 is 0. The number of carbonyl (C=O) groups excluding carboxylic acids is 1. The number of hydrogen-bond acceptors (Lipinski definition) is 5. The molecule has 0 aliphatic carbocycles. The molecule has 7 nitrogen and oxygen atoms in total. The van der Waals surface area contributed by atoms with Crippen molar-refractivity contribution in [2.24, 2.45) is 0 Å². The van der Waals surface area contributed by atoms with E-state index in [9.17, 15) is 13.2 Å². The van der Waals surface area contributed by atoms with Crippen molar-refractivity contribution in [3.8, 4) is 0 Å². The summed E-state index contributed by atoms with van der Waals surface area (Å²) in [5.74, 6) is 0.406. The van der Waals surface area contributed by atoms with Crippen LogP contribution in [0, 0.1) is 20.8 Å². The number of rotatable bonds is 6. The van der Waals surface area contributed by atoms with Crippen LogP contribution in [0.2, 0.25) is 0 Å². The van der Waals surface area contributed by atoms with Gasteiger partial charge in [0.15, 0.2) is 5.82 Å². The van der Waals surface area contributed by atoms with Gasteiger partial charge in [-0.05, 0) is 32.4 Å². The zero-order valence-electron chi connectivity index (χ0n) is 14.2. The molecule has 1 N–H and O–H groups in total. The molecule has 0 spiro atoms. The van der Waals surface area contributed by atoms with Gasteiger partial charge in [-0.25, -0.2) is 8.42 Å². The lowest BCUT2D eigenvalue weighted by molar-refractivity contribution is -0.116. The van der Waals surface area contributed by atoms with E-state index in [-0.39, 0.29) is 24.7 Å². The van der Waals surface area contributed by atoms with E-state index in [1.54, 1.807) is 6.92 Å². The third-order valence-electron chi connectivity index (χ3n) is 3.47. The Morgan fingerprint density at radius 3 is 2.50 bits per heavy atom. The summed E-state index contributed by atoms with van der Waals surface area (Å²) in [6.45, 7) is 5.54. The second kappa shape index (κ2) is 7.04. The molecule has 8 heteroatoms. The standard InChI is InChI=1S/C16H21N3O4S/c1-11-5-6-14(12(2)9-11)17-16(20)7-8-19(24(4,21)22)15-10-13(3)23-18-15/h5-6,9-10H,7-8H2,1-4H3,(H,17,20). The van der Waals surface area contributed by atoms with Gasteiger partial charge in [-0.2, -0.15) is 0 Å². The molecule has 24 heavy (non-hydrogen) atoms. The van der Waals surface area contributed by atoms with Gasteiger partial charge in [-0.15, -0.1) is 0 Å². The van der Waals surface area contributed by atoms with Gasteiger partial charge in [0, 0.05) is 24.7 Å². The minimum absolute atomic E-state index is 0.00624. The topological polar surface area (TPSA) is 92.5 Å². The fourth-order valence-corrected chi connectivity index (χ4v) is 3.14. The summed E-state index contributed by atoms with van der Waals surface area (Å²) < 4.78 is 29.8.